The quantitative estimate of drug-likeness (QED) is 0.933. The summed E-state index contributed by atoms with van der Waals surface area (Å²) in [6.07, 6.45) is 0. The van der Waals surface area contributed by atoms with E-state index in [9.17, 15) is 0 Å². The lowest BCUT2D eigenvalue weighted by atomic mass is 10.2. The van der Waals surface area contributed by atoms with Crippen LogP contribution in [0.5, 0.6) is 0 Å². The average molecular weight is 272 g/mol. The Bertz CT molecular complexity index is 540. The van der Waals surface area contributed by atoms with Crippen molar-refractivity contribution < 1.29 is 5.11 Å². The van der Waals surface area contributed by atoms with Crippen molar-refractivity contribution in [1.29, 1.82) is 0 Å². The van der Waals surface area contributed by atoms with Crippen LogP contribution in [0.25, 0.3) is 0 Å². The van der Waals surface area contributed by atoms with Crippen molar-refractivity contribution in [3.05, 3.63) is 45.2 Å². The molecule has 0 aliphatic heterocycles. The molecule has 6 heteroatoms. The molecule has 0 bridgehead atoms. The Kier molecular flexibility index (Phi) is 3.66. The summed E-state index contributed by atoms with van der Waals surface area (Å²) in [7, 11) is 0. The van der Waals surface area contributed by atoms with Crippen molar-refractivity contribution in [1.82, 2.24) is 15.0 Å². The molecular weight excluding hydrogens is 261 g/mol. The first-order chi connectivity index (χ1) is 8.11. The average Bonchev–Trinajstić information content (AvgIpc) is 2.65. The van der Waals surface area contributed by atoms with Gasteiger partial charge >= 0.3 is 0 Å². The van der Waals surface area contributed by atoms with Crippen molar-refractivity contribution in [2.75, 3.05) is 0 Å². The Balaban J connectivity index is 2.25. The molecule has 0 spiro atoms. The number of halogens is 2. The molecule has 2 aromatic rings. The van der Waals surface area contributed by atoms with Crippen LogP contribution >= 0.6 is 23.2 Å². The summed E-state index contributed by atoms with van der Waals surface area (Å²) in [5.41, 5.74) is 2.42. The van der Waals surface area contributed by atoms with Crippen LogP contribution in [0.3, 0.4) is 0 Å². The normalized spacial score (nSPS) is 10.8. The van der Waals surface area contributed by atoms with Gasteiger partial charge in [-0.15, -0.1) is 5.10 Å². The molecule has 0 radical (unpaired) electrons. The number of aliphatic hydroxyl groups is 1. The van der Waals surface area contributed by atoms with E-state index in [-0.39, 0.29) is 6.61 Å². The highest BCUT2D eigenvalue weighted by atomic mass is 35.5. The van der Waals surface area contributed by atoms with E-state index in [1.807, 2.05) is 13.0 Å². The molecule has 90 valence electrons. The van der Waals surface area contributed by atoms with Gasteiger partial charge in [0.05, 0.1) is 28.9 Å². The van der Waals surface area contributed by atoms with E-state index in [4.69, 9.17) is 28.3 Å². The minimum absolute atomic E-state index is 0.104. The molecule has 0 aliphatic rings. The van der Waals surface area contributed by atoms with E-state index in [0.29, 0.717) is 22.3 Å². The Hall–Kier alpha value is -1.10. The Morgan fingerprint density at radius 2 is 2.06 bits per heavy atom. The maximum Gasteiger partial charge on any atom is 0.111 e. The number of hydrogen-bond acceptors (Lipinski definition) is 3. The van der Waals surface area contributed by atoms with Gasteiger partial charge in [-0.05, 0) is 24.6 Å². The predicted molar refractivity (Wildman–Crippen MR) is 66.2 cm³/mol. The van der Waals surface area contributed by atoms with Gasteiger partial charge in [-0.3, -0.25) is 0 Å². The van der Waals surface area contributed by atoms with Gasteiger partial charge in [0.25, 0.3) is 0 Å². The molecule has 0 amide bonds. The summed E-state index contributed by atoms with van der Waals surface area (Å²) in [5, 5.41) is 17.9. The van der Waals surface area contributed by atoms with Crippen molar-refractivity contribution in [3.63, 3.8) is 0 Å². The number of aromatic nitrogens is 3. The van der Waals surface area contributed by atoms with Gasteiger partial charge < -0.3 is 5.11 Å². The van der Waals surface area contributed by atoms with Crippen LogP contribution in [0.4, 0.5) is 0 Å². The fourth-order valence-corrected chi connectivity index (χ4v) is 1.82. The topological polar surface area (TPSA) is 50.9 Å². The molecule has 0 atom stereocenters. The highest BCUT2D eigenvalue weighted by Gasteiger charge is 2.08. The van der Waals surface area contributed by atoms with Gasteiger partial charge in [-0.1, -0.05) is 34.5 Å². The third-order valence-electron chi connectivity index (χ3n) is 2.54. The molecule has 0 fully saturated rings. The first-order valence-corrected chi connectivity index (χ1v) is 5.81. The van der Waals surface area contributed by atoms with Gasteiger partial charge in [0.2, 0.25) is 0 Å². The van der Waals surface area contributed by atoms with E-state index < -0.39 is 0 Å². The van der Waals surface area contributed by atoms with Gasteiger partial charge in [0.15, 0.2) is 0 Å². The second-order valence-electron chi connectivity index (χ2n) is 3.69. The van der Waals surface area contributed by atoms with Crippen LogP contribution in [-0.4, -0.2) is 20.1 Å². The third kappa shape index (κ3) is 2.60. The smallest absolute Gasteiger partial charge is 0.111 e. The maximum absolute atomic E-state index is 9.02. The lowest BCUT2D eigenvalue weighted by Gasteiger charge is -2.05. The molecule has 2 rings (SSSR count). The standard InChI is InChI=1S/C11H11Cl2N3O/c1-7-11(6-17)14-15-16(7)5-8-2-3-9(12)10(13)4-8/h2-4,17H,5-6H2,1H3. The minimum Gasteiger partial charge on any atom is -0.390 e. The molecule has 0 saturated carbocycles. The van der Waals surface area contributed by atoms with Gasteiger partial charge in [0, 0.05) is 0 Å². The molecule has 0 unspecified atom stereocenters. The summed E-state index contributed by atoms with van der Waals surface area (Å²) >= 11 is 11.8. The van der Waals surface area contributed by atoms with Crippen LogP contribution < -0.4 is 0 Å². The van der Waals surface area contributed by atoms with Crippen molar-refractivity contribution in [2.24, 2.45) is 0 Å². The second kappa shape index (κ2) is 5.04. The van der Waals surface area contributed by atoms with Gasteiger partial charge in [-0.25, -0.2) is 4.68 Å². The fraction of sp³-hybridized carbons (Fsp3) is 0.273. The van der Waals surface area contributed by atoms with Gasteiger partial charge in [-0.2, -0.15) is 0 Å². The van der Waals surface area contributed by atoms with E-state index in [1.54, 1.807) is 16.8 Å². The first-order valence-electron chi connectivity index (χ1n) is 5.05. The highest BCUT2D eigenvalue weighted by Crippen LogP contribution is 2.23. The number of rotatable bonds is 3. The number of aliphatic hydroxyl groups excluding tert-OH is 1. The number of benzene rings is 1. The lowest BCUT2D eigenvalue weighted by Crippen LogP contribution is -2.04. The Labute approximate surface area is 109 Å². The zero-order valence-corrected chi connectivity index (χ0v) is 10.7. The Morgan fingerprint density at radius 3 is 2.65 bits per heavy atom. The fourth-order valence-electron chi connectivity index (χ4n) is 1.50. The lowest BCUT2D eigenvalue weighted by molar-refractivity contribution is 0.276. The maximum atomic E-state index is 9.02. The van der Waals surface area contributed by atoms with E-state index in [1.165, 1.54) is 0 Å². The zero-order valence-electron chi connectivity index (χ0n) is 9.19. The summed E-state index contributed by atoms with van der Waals surface area (Å²) in [6, 6.07) is 5.43. The molecule has 17 heavy (non-hydrogen) atoms. The SMILES string of the molecule is Cc1c(CO)nnn1Cc1ccc(Cl)c(Cl)c1. The van der Waals surface area contributed by atoms with Crippen LogP contribution in [0.1, 0.15) is 17.0 Å². The predicted octanol–water partition coefficient (Wildman–Crippen LogP) is 2.43. The van der Waals surface area contributed by atoms with E-state index in [2.05, 4.69) is 10.3 Å². The molecule has 0 aliphatic carbocycles. The van der Waals surface area contributed by atoms with Crippen molar-refractivity contribution in [2.45, 2.75) is 20.1 Å². The largest absolute Gasteiger partial charge is 0.390 e. The molecule has 1 aromatic heterocycles. The molecule has 4 nitrogen and oxygen atoms in total. The molecule has 0 saturated heterocycles. The first kappa shape index (κ1) is 12.4. The minimum atomic E-state index is -0.104. The van der Waals surface area contributed by atoms with Crippen molar-refractivity contribution >= 4 is 23.2 Å². The van der Waals surface area contributed by atoms with Crippen LogP contribution in [0.2, 0.25) is 10.0 Å². The van der Waals surface area contributed by atoms with Crippen LogP contribution in [0.15, 0.2) is 18.2 Å². The van der Waals surface area contributed by atoms with Gasteiger partial charge in [0.1, 0.15) is 5.69 Å². The van der Waals surface area contributed by atoms with E-state index in [0.717, 1.165) is 11.3 Å². The van der Waals surface area contributed by atoms with Crippen LogP contribution in [0, 0.1) is 6.92 Å². The highest BCUT2D eigenvalue weighted by molar-refractivity contribution is 6.42. The monoisotopic (exact) mass is 271 g/mol. The molecule has 1 N–H and O–H groups in total. The number of hydrogen-bond donors (Lipinski definition) is 1. The third-order valence-corrected chi connectivity index (χ3v) is 3.28. The van der Waals surface area contributed by atoms with Crippen LogP contribution in [-0.2, 0) is 13.2 Å². The summed E-state index contributed by atoms with van der Waals surface area (Å²) < 4.78 is 1.71. The number of nitrogens with zero attached hydrogens (tertiary/aromatic N) is 3. The zero-order chi connectivity index (χ0) is 12.4. The summed E-state index contributed by atoms with van der Waals surface area (Å²) in [4.78, 5) is 0. The summed E-state index contributed by atoms with van der Waals surface area (Å²) in [6.45, 7) is 2.31. The Morgan fingerprint density at radius 1 is 1.29 bits per heavy atom. The molecule has 1 aromatic carbocycles. The second-order valence-corrected chi connectivity index (χ2v) is 4.50. The van der Waals surface area contributed by atoms with E-state index >= 15 is 0 Å². The molecule has 1 heterocycles. The van der Waals surface area contributed by atoms with Crippen molar-refractivity contribution in [3.8, 4) is 0 Å². The molecular formula is C11H11Cl2N3O. The summed E-state index contributed by atoms with van der Waals surface area (Å²) in [5.74, 6) is 0.